The van der Waals surface area contributed by atoms with Crippen LogP contribution in [0, 0.1) is 17.5 Å². The average molecular weight is 291 g/mol. The van der Waals surface area contributed by atoms with Gasteiger partial charge in [-0.2, -0.15) is 13.2 Å². The van der Waals surface area contributed by atoms with Gasteiger partial charge in [-0.15, -0.1) is 11.6 Å². The molecule has 0 aliphatic rings. The second-order valence-electron chi connectivity index (χ2n) is 3.12. The molecule has 0 atom stereocenters. The Balaban J connectivity index is 3.48. The van der Waals surface area contributed by atoms with Gasteiger partial charge in [-0.1, -0.05) is 0 Å². The predicted octanol–water partition coefficient (Wildman–Crippen LogP) is 3.35. The highest BCUT2D eigenvalue weighted by molar-refractivity contribution is 6.28. The van der Waals surface area contributed by atoms with Gasteiger partial charge in [0, 0.05) is 6.07 Å². The van der Waals surface area contributed by atoms with Crippen LogP contribution in [0.3, 0.4) is 0 Å². The number of halogens is 7. The lowest BCUT2D eigenvalue weighted by molar-refractivity contribution is -0.142. The van der Waals surface area contributed by atoms with Crippen LogP contribution in [0.2, 0.25) is 0 Å². The van der Waals surface area contributed by atoms with Crippen LogP contribution in [-0.4, -0.2) is 11.7 Å². The summed E-state index contributed by atoms with van der Waals surface area (Å²) in [7, 11) is 0. The number of aliphatic imine (C=N–C) groups is 1. The summed E-state index contributed by atoms with van der Waals surface area (Å²) >= 11 is 5.19. The molecule has 0 saturated heterocycles. The van der Waals surface area contributed by atoms with Crippen LogP contribution in [0.5, 0.6) is 0 Å². The zero-order valence-electron chi connectivity index (χ0n) is 8.45. The summed E-state index contributed by atoms with van der Waals surface area (Å²) in [6.45, 7) is 0. The summed E-state index contributed by atoms with van der Waals surface area (Å²) < 4.78 is 76.1. The Hall–Kier alpha value is -1.44. The quantitative estimate of drug-likeness (QED) is 0.293. The Bertz CT molecular complexity index is 497. The number of hydrogen-bond acceptors (Lipinski definition) is 1. The fraction of sp³-hybridized carbons (Fsp3) is 0.222. The van der Waals surface area contributed by atoms with Crippen LogP contribution in [0.1, 0.15) is 5.56 Å². The summed E-state index contributed by atoms with van der Waals surface area (Å²) in [6, 6.07) is 0.0979. The van der Waals surface area contributed by atoms with Crippen LogP contribution < -0.4 is 5.73 Å². The van der Waals surface area contributed by atoms with E-state index in [1.807, 2.05) is 0 Å². The third-order valence-electron chi connectivity index (χ3n) is 1.82. The predicted molar refractivity (Wildman–Crippen MR) is 53.3 cm³/mol. The SMILES string of the molecule is NC(CCl)=Nc1cc(F)c(C(F)(F)F)c(F)c1F. The van der Waals surface area contributed by atoms with Gasteiger partial charge in [-0.3, -0.25) is 0 Å². The van der Waals surface area contributed by atoms with Crippen LogP contribution in [0.15, 0.2) is 11.1 Å². The third kappa shape index (κ3) is 2.87. The van der Waals surface area contributed by atoms with E-state index in [2.05, 4.69) is 4.99 Å². The summed E-state index contributed by atoms with van der Waals surface area (Å²) in [4.78, 5) is 3.16. The monoisotopic (exact) mass is 290 g/mol. The molecule has 18 heavy (non-hydrogen) atoms. The molecule has 9 heteroatoms. The fourth-order valence-corrected chi connectivity index (χ4v) is 1.17. The molecular weight excluding hydrogens is 286 g/mol. The number of alkyl halides is 4. The number of rotatable bonds is 2. The van der Waals surface area contributed by atoms with Gasteiger partial charge in [0.1, 0.15) is 22.9 Å². The van der Waals surface area contributed by atoms with E-state index in [0.29, 0.717) is 0 Å². The Morgan fingerprint density at radius 1 is 1.22 bits per heavy atom. The topological polar surface area (TPSA) is 38.4 Å². The van der Waals surface area contributed by atoms with E-state index in [4.69, 9.17) is 17.3 Å². The molecule has 2 nitrogen and oxygen atoms in total. The van der Waals surface area contributed by atoms with Crippen molar-refractivity contribution in [3.8, 4) is 0 Å². The minimum Gasteiger partial charge on any atom is -0.386 e. The largest absolute Gasteiger partial charge is 0.422 e. The Morgan fingerprint density at radius 2 is 1.78 bits per heavy atom. The molecule has 0 unspecified atom stereocenters. The first-order chi connectivity index (χ1) is 8.18. The lowest BCUT2D eigenvalue weighted by Crippen LogP contribution is -2.15. The summed E-state index contributed by atoms with van der Waals surface area (Å²) in [5.41, 5.74) is 1.78. The number of hydrogen-bond donors (Lipinski definition) is 1. The zero-order valence-corrected chi connectivity index (χ0v) is 9.21. The Morgan fingerprint density at radius 3 is 2.22 bits per heavy atom. The molecule has 1 aromatic rings. The molecule has 1 rings (SSSR count). The van der Waals surface area contributed by atoms with Crippen LogP contribution in [0.25, 0.3) is 0 Å². The van der Waals surface area contributed by atoms with Crippen molar-refractivity contribution in [2.45, 2.75) is 6.18 Å². The minimum atomic E-state index is -5.35. The van der Waals surface area contributed by atoms with Gasteiger partial charge in [-0.05, 0) is 0 Å². The average Bonchev–Trinajstić information content (AvgIpc) is 2.23. The zero-order chi connectivity index (χ0) is 14.1. The molecule has 0 saturated carbocycles. The number of nitrogens with zero attached hydrogens (tertiary/aromatic N) is 1. The maximum absolute atomic E-state index is 13.2. The highest BCUT2D eigenvalue weighted by atomic mass is 35.5. The first-order valence-electron chi connectivity index (χ1n) is 4.32. The summed E-state index contributed by atoms with van der Waals surface area (Å²) in [5, 5.41) is 0. The van der Waals surface area contributed by atoms with E-state index in [0.717, 1.165) is 0 Å². The lowest BCUT2D eigenvalue weighted by Gasteiger charge is -2.11. The van der Waals surface area contributed by atoms with Gasteiger partial charge in [0.15, 0.2) is 11.6 Å². The molecule has 2 N–H and O–H groups in total. The van der Waals surface area contributed by atoms with Crippen molar-refractivity contribution in [2.75, 3.05) is 5.88 Å². The molecule has 0 spiro atoms. The number of nitrogens with two attached hydrogens (primary N) is 1. The van der Waals surface area contributed by atoms with Crippen molar-refractivity contribution in [1.29, 1.82) is 0 Å². The first-order valence-corrected chi connectivity index (χ1v) is 4.85. The highest BCUT2D eigenvalue weighted by Gasteiger charge is 2.40. The third-order valence-corrected chi connectivity index (χ3v) is 2.10. The molecule has 100 valence electrons. The second-order valence-corrected chi connectivity index (χ2v) is 3.38. The van der Waals surface area contributed by atoms with Crippen LogP contribution in [0.4, 0.5) is 32.0 Å². The lowest BCUT2D eigenvalue weighted by atomic mass is 10.1. The van der Waals surface area contributed by atoms with Gasteiger partial charge in [0.05, 0.1) is 5.88 Å². The van der Waals surface area contributed by atoms with E-state index in [-0.39, 0.29) is 11.9 Å². The maximum Gasteiger partial charge on any atom is 0.422 e. The van der Waals surface area contributed by atoms with Crippen molar-refractivity contribution >= 4 is 23.1 Å². The number of benzene rings is 1. The Kier molecular flexibility index (Phi) is 4.10. The van der Waals surface area contributed by atoms with Crippen molar-refractivity contribution < 1.29 is 26.3 Å². The second kappa shape index (κ2) is 5.05. The van der Waals surface area contributed by atoms with E-state index in [1.165, 1.54) is 0 Å². The van der Waals surface area contributed by atoms with Crippen LogP contribution >= 0.6 is 11.6 Å². The van der Waals surface area contributed by atoms with Gasteiger partial charge in [-0.25, -0.2) is 18.2 Å². The summed E-state index contributed by atoms with van der Waals surface area (Å²) in [5.74, 6) is -7.07. The van der Waals surface area contributed by atoms with Gasteiger partial charge < -0.3 is 5.73 Å². The van der Waals surface area contributed by atoms with Crippen LogP contribution in [-0.2, 0) is 6.18 Å². The summed E-state index contributed by atoms with van der Waals surface area (Å²) in [6.07, 6.45) is -5.35. The van der Waals surface area contributed by atoms with Crippen molar-refractivity contribution in [2.24, 2.45) is 10.7 Å². The number of amidine groups is 1. The van der Waals surface area contributed by atoms with E-state index in [1.54, 1.807) is 0 Å². The molecule has 0 fully saturated rings. The van der Waals surface area contributed by atoms with E-state index in [9.17, 15) is 26.3 Å². The molecule has 0 aliphatic heterocycles. The maximum atomic E-state index is 13.2. The molecule has 1 aromatic carbocycles. The van der Waals surface area contributed by atoms with E-state index >= 15 is 0 Å². The Labute approximate surface area is 102 Å². The van der Waals surface area contributed by atoms with Gasteiger partial charge in [0.2, 0.25) is 0 Å². The minimum absolute atomic E-state index is 0.0979. The molecule has 0 radical (unpaired) electrons. The highest BCUT2D eigenvalue weighted by Crippen LogP contribution is 2.37. The molecule has 0 aliphatic carbocycles. The van der Waals surface area contributed by atoms with Crippen molar-refractivity contribution in [3.63, 3.8) is 0 Å². The molecule has 0 bridgehead atoms. The molecule has 0 heterocycles. The van der Waals surface area contributed by atoms with Gasteiger partial charge >= 0.3 is 6.18 Å². The van der Waals surface area contributed by atoms with Gasteiger partial charge in [0.25, 0.3) is 0 Å². The smallest absolute Gasteiger partial charge is 0.386 e. The fourth-order valence-electron chi connectivity index (χ4n) is 1.11. The normalized spacial score (nSPS) is 12.9. The van der Waals surface area contributed by atoms with Crippen molar-refractivity contribution in [3.05, 3.63) is 29.1 Å². The molecular formula is C9H5ClF6N2. The first kappa shape index (κ1) is 14.6. The molecule has 0 aromatic heterocycles. The molecule has 0 amide bonds. The van der Waals surface area contributed by atoms with Crippen molar-refractivity contribution in [1.82, 2.24) is 0 Å². The van der Waals surface area contributed by atoms with E-state index < -0.39 is 40.7 Å². The standard InChI is InChI=1S/C9H5ClF6N2/c10-2-5(17)18-4-1-3(11)6(9(14,15)16)8(13)7(4)12/h1H,2H2,(H2,17,18).